The first-order valence-electron chi connectivity index (χ1n) is 7.81. The van der Waals surface area contributed by atoms with E-state index in [1.807, 2.05) is 43.3 Å². The molecular weight excluding hydrogens is 332 g/mol. The maximum absolute atomic E-state index is 12.6. The van der Waals surface area contributed by atoms with E-state index in [1.165, 1.54) is 0 Å². The highest BCUT2D eigenvalue weighted by Gasteiger charge is 2.14. The number of anilines is 1. The average Bonchev–Trinajstić information content (AvgIpc) is 2.62. The number of nitrogens with one attached hydrogen (secondary N) is 1. The normalized spacial score (nSPS) is 11.6. The van der Waals surface area contributed by atoms with E-state index in [2.05, 4.69) is 9.71 Å². The smallest absolute Gasteiger partial charge is 0.261 e. The van der Waals surface area contributed by atoms with E-state index in [0.717, 1.165) is 16.7 Å². The highest BCUT2D eigenvalue weighted by Crippen LogP contribution is 2.22. The summed E-state index contributed by atoms with van der Waals surface area (Å²) in [4.78, 5) is 4.22. The number of aromatic nitrogens is 1. The maximum Gasteiger partial charge on any atom is 0.261 e. The topological polar surface area (TPSA) is 59.1 Å². The first-order valence-corrected chi connectivity index (χ1v) is 9.29. The predicted octanol–water partition coefficient (Wildman–Crippen LogP) is 4.36. The predicted molar refractivity (Wildman–Crippen MR) is 102 cm³/mol. The summed E-state index contributed by atoms with van der Waals surface area (Å²) in [5.41, 5.74) is 3.33. The van der Waals surface area contributed by atoms with E-state index in [0.29, 0.717) is 5.69 Å². The van der Waals surface area contributed by atoms with E-state index in [1.54, 1.807) is 48.8 Å². The van der Waals surface area contributed by atoms with Crippen molar-refractivity contribution in [2.45, 2.75) is 11.8 Å². The molecule has 0 atom stereocenters. The molecule has 0 aliphatic carbocycles. The lowest BCUT2D eigenvalue weighted by molar-refractivity contribution is 0.601. The van der Waals surface area contributed by atoms with Crippen molar-refractivity contribution in [3.8, 4) is 0 Å². The summed E-state index contributed by atoms with van der Waals surface area (Å²) >= 11 is 0. The third-order valence-electron chi connectivity index (χ3n) is 3.70. The molecule has 1 N–H and O–H groups in total. The van der Waals surface area contributed by atoms with Crippen LogP contribution in [0.5, 0.6) is 0 Å². The number of para-hydroxylation sites is 1. The molecule has 0 amide bonds. The largest absolute Gasteiger partial charge is 0.279 e. The zero-order valence-electron chi connectivity index (χ0n) is 13.8. The van der Waals surface area contributed by atoms with Gasteiger partial charge in [-0.1, -0.05) is 48.0 Å². The van der Waals surface area contributed by atoms with Crippen LogP contribution in [-0.2, 0) is 10.0 Å². The fourth-order valence-electron chi connectivity index (χ4n) is 2.32. The summed E-state index contributed by atoms with van der Waals surface area (Å²) in [7, 11) is -3.63. The van der Waals surface area contributed by atoms with Gasteiger partial charge in [-0.05, 0) is 48.4 Å². The number of benzene rings is 2. The molecule has 0 spiro atoms. The molecule has 0 saturated heterocycles. The van der Waals surface area contributed by atoms with Crippen molar-refractivity contribution in [3.63, 3.8) is 0 Å². The summed E-state index contributed by atoms with van der Waals surface area (Å²) < 4.78 is 27.9. The number of pyridine rings is 1. The Balaban J connectivity index is 1.88. The van der Waals surface area contributed by atoms with Crippen molar-refractivity contribution >= 4 is 27.9 Å². The Hall–Kier alpha value is -2.92. The summed E-state index contributed by atoms with van der Waals surface area (Å²) in [6, 6.07) is 17.8. The number of hydrogen-bond donors (Lipinski definition) is 1. The molecular formula is C20H18N2O2S. The third kappa shape index (κ3) is 4.33. The van der Waals surface area contributed by atoms with Gasteiger partial charge in [0, 0.05) is 12.4 Å². The van der Waals surface area contributed by atoms with Crippen LogP contribution in [0.1, 0.15) is 16.7 Å². The van der Waals surface area contributed by atoms with Gasteiger partial charge in [0.05, 0.1) is 10.6 Å². The minimum atomic E-state index is -3.63. The van der Waals surface area contributed by atoms with Gasteiger partial charge in [-0.25, -0.2) is 8.42 Å². The summed E-state index contributed by atoms with van der Waals surface area (Å²) in [6.07, 6.45) is 7.22. The fraction of sp³-hybridized carbons (Fsp3) is 0.0500. The Morgan fingerprint density at radius 1 is 0.880 bits per heavy atom. The molecule has 3 rings (SSSR count). The molecule has 0 aliphatic rings. The first kappa shape index (κ1) is 16.9. The minimum absolute atomic E-state index is 0.242. The molecule has 1 aromatic heterocycles. The lowest BCUT2D eigenvalue weighted by atomic mass is 10.1. The van der Waals surface area contributed by atoms with Crippen molar-refractivity contribution < 1.29 is 8.42 Å². The van der Waals surface area contributed by atoms with Gasteiger partial charge in [0.2, 0.25) is 0 Å². The van der Waals surface area contributed by atoms with Crippen LogP contribution < -0.4 is 4.72 Å². The quantitative estimate of drug-likeness (QED) is 0.744. The SMILES string of the molecule is Cc1ccc(S(=O)(=O)Nc2ccccc2/C=C/c2ccncc2)cc1. The van der Waals surface area contributed by atoms with Crippen molar-refractivity contribution in [2.75, 3.05) is 4.72 Å². The molecule has 3 aromatic rings. The second-order valence-corrected chi connectivity index (χ2v) is 7.30. The highest BCUT2D eigenvalue weighted by atomic mass is 32.2. The Morgan fingerprint density at radius 2 is 1.56 bits per heavy atom. The molecule has 0 bridgehead atoms. The summed E-state index contributed by atoms with van der Waals surface area (Å²) in [5, 5.41) is 0. The van der Waals surface area contributed by atoms with Crippen LogP contribution in [-0.4, -0.2) is 13.4 Å². The number of hydrogen-bond acceptors (Lipinski definition) is 3. The second-order valence-electron chi connectivity index (χ2n) is 5.62. The number of nitrogens with zero attached hydrogens (tertiary/aromatic N) is 1. The molecule has 5 heteroatoms. The number of sulfonamides is 1. The van der Waals surface area contributed by atoms with Crippen LogP contribution in [0.2, 0.25) is 0 Å². The molecule has 25 heavy (non-hydrogen) atoms. The van der Waals surface area contributed by atoms with Crippen molar-refractivity contribution in [3.05, 3.63) is 89.7 Å². The molecule has 2 aromatic carbocycles. The lowest BCUT2D eigenvalue weighted by Gasteiger charge is -2.11. The monoisotopic (exact) mass is 350 g/mol. The van der Waals surface area contributed by atoms with E-state index in [9.17, 15) is 8.42 Å². The average molecular weight is 350 g/mol. The molecule has 4 nitrogen and oxygen atoms in total. The summed E-state index contributed by atoms with van der Waals surface area (Å²) in [5.74, 6) is 0. The highest BCUT2D eigenvalue weighted by molar-refractivity contribution is 7.92. The van der Waals surface area contributed by atoms with Crippen LogP contribution in [0.3, 0.4) is 0 Å². The van der Waals surface area contributed by atoms with E-state index in [-0.39, 0.29) is 4.90 Å². The van der Waals surface area contributed by atoms with Crippen LogP contribution in [0.15, 0.2) is 78.0 Å². The second kappa shape index (κ2) is 7.32. The van der Waals surface area contributed by atoms with Crippen LogP contribution in [0.25, 0.3) is 12.2 Å². The van der Waals surface area contributed by atoms with Crippen molar-refractivity contribution in [1.29, 1.82) is 0 Å². The van der Waals surface area contributed by atoms with E-state index < -0.39 is 10.0 Å². The van der Waals surface area contributed by atoms with Crippen molar-refractivity contribution in [1.82, 2.24) is 4.98 Å². The molecule has 0 saturated carbocycles. The summed E-state index contributed by atoms with van der Waals surface area (Å²) in [6.45, 7) is 1.92. The van der Waals surface area contributed by atoms with Crippen molar-refractivity contribution in [2.24, 2.45) is 0 Å². The van der Waals surface area contributed by atoms with Gasteiger partial charge in [0.15, 0.2) is 0 Å². The zero-order chi connectivity index (χ0) is 17.7. The number of aryl methyl sites for hydroxylation is 1. The fourth-order valence-corrected chi connectivity index (χ4v) is 3.40. The Bertz CT molecular complexity index is 980. The van der Waals surface area contributed by atoms with Gasteiger partial charge in [0.25, 0.3) is 10.0 Å². The van der Waals surface area contributed by atoms with Crippen LogP contribution >= 0.6 is 0 Å². The van der Waals surface area contributed by atoms with Gasteiger partial charge in [-0.15, -0.1) is 0 Å². The molecule has 1 heterocycles. The van der Waals surface area contributed by atoms with Gasteiger partial charge in [0.1, 0.15) is 0 Å². The molecule has 0 fully saturated rings. The van der Waals surface area contributed by atoms with Gasteiger partial charge >= 0.3 is 0 Å². The van der Waals surface area contributed by atoms with Gasteiger partial charge < -0.3 is 0 Å². The zero-order valence-corrected chi connectivity index (χ0v) is 14.6. The Kier molecular flexibility index (Phi) is 4.95. The molecule has 0 unspecified atom stereocenters. The minimum Gasteiger partial charge on any atom is -0.279 e. The molecule has 0 radical (unpaired) electrons. The van der Waals surface area contributed by atoms with Crippen LogP contribution in [0, 0.1) is 6.92 Å². The maximum atomic E-state index is 12.6. The third-order valence-corrected chi connectivity index (χ3v) is 5.08. The van der Waals surface area contributed by atoms with E-state index >= 15 is 0 Å². The first-order chi connectivity index (χ1) is 12.0. The van der Waals surface area contributed by atoms with Crippen LogP contribution in [0.4, 0.5) is 5.69 Å². The number of rotatable bonds is 5. The Morgan fingerprint density at radius 3 is 2.28 bits per heavy atom. The van der Waals surface area contributed by atoms with Gasteiger partial charge in [-0.3, -0.25) is 9.71 Å². The standard InChI is InChI=1S/C20H18N2O2S/c1-16-6-10-19(11-7-16)25(23,24)22-20-5-3-2-4-18(20)9-8-17-12-14-21-15-13-17/h2-15,22H,1H3/b9-8+. The molecule has 0 aliphatic heterocycles. The lowest BCUT2D eigenvalue weighted by Crippen LogP contribution is -2.13. The Labute approximate surface area is 147 Å². The van der Waals surface area contributed by atoms with E-state index in [4.69, 9.17) is 0 Å². The van der Waals surface area contributed by atoms with Gasteiger partial charge in [-0.2, -0.15) is 0 Å². The molecule has 126 valence electrons.